The highest BCUT2D eigenvalue weighted by atomic mass is 35.5. The average Bonchev–Trinajstić information content (AvgIpc) is 2.53. The molecule has 0 spiro atoms. The number of carbonyl (C=O) groups excluding carboxylic acids is 1. The lowest BCUT2D eigenvalue weighted by atomic mass is 10.1. The molecule has 0 aliphatic carbocycles. The molecule has 1 N–H and O–H groups in total. The van der Waals surface area contributed by atoms with Gasteiger partial charge in [-0.05, 0) is 63.1 Å². The van der Waals surface area contributed by atoms with Crippen molar-refractivity contribution in [2.75, 3.05) is 11.9 Å². The van der Waals surface area contributed by atoms with E-state index in [1.165, 1.54) is 0 Å². The van der Waals surface area contributed by atoms with E-state index in [9.17, 15) is 4.79 Å². The fraction of sp³-hybridized carbons (Fsp3) is 0.316. The Balaban J connectivity index is 2.03. The van der Waals surface area contributed by atoms with Crippen molar-refractivity contribution in [1.29, 1.82) is 0 Å². The number of ether oxygens (including phenoxy) is 2. The number of hydrogen-bond donors (Lipinski definition) is 1. The topological polar surface area (TPSA) is 47.6 Å². The maximum Gasteiger partial charge on any atom is 0.265 e. The van der Waals surface area contributed by atoms with E-state index < -0.39 is 6.10 Å². The monoisotopic (exact) mass is 347 g/mol. The fourth-order valence-electron chi connectivity index (χ4n) is 2.31. The molecule has 0 saturated heterocycles. The van der Waals surface area contributed by atoms with Gasteiger partial charge in [-0.1, -0.05) is 17.7 Å². The van der Waals surface area contributed by atoms with Gasteiger partial charge in [-0.25, -0.2) is 0 Å². The summed E-state index contributed by atoms with van der Waals surface area (Å²) in [6.45, 7) is 8.02. The number of anilines is 1. The van der Waals surface area contributed by atoms with Gasteiger partial charge in [0, 0.05) is 16.8 Å². The van der Waals surface area contributed by atoms with Gasteiger partial charge in [-0.2, -0.15) is 0 Å². The first-order chi connectivity index (χ1) is 11.4. The Kier molecular flexibility index (Phi) is 6.10. The van der Waals surface area contributed by atoms with Gasteiger partial charge in [0.1, 0.15) is 11.5 Å². The van der Waals surface area contributed by atoms with Crippen molar-refractivity contribution < 1.29 is 14.3 Å². The second-order valence-electron chi connectivity index (χ2n) is 5.58. The van der Waals surface area contributed by atoms with Gasteiger partial charge in [-0.3, -0.25) is 4.79 Å². The second kappa shape index (κ2) is 8.06. The van der Waals surface area contributed by atoms with E-state index >= 15 is 0 Å². The normalized spacial score (nSPS) is 11.7. The number of amides is 1. The maximum atomic E-state index is 12.3. The molecule has 0 heterocycles. The first kappa shape index (κ1) is 18.1. The number of rotatable bonds is 6. The molecule has 0 saturated carbocycles. The standard InChI is InChI=1S/C19H22ClNO3/c1-5-23-16-8-6-7-15(11-16)21-19(22)14(4)24-17-9-12(2)18(20)13(3)10-17/h6-11,14H,5H2,1-4H3,(H,21,22)/t14-/m0/s1. The minimum Gasteiger partial charge on any atom is -0.494 e. The first-order valence-electron chi connectivity index (χ1n) is 7.87. The van der Waals surface area contributed by atoms with Crippen molar-refractivity contribution in [3.05, 3.63) is 52.5 Å². The number of halogens is 1. The first-order valence-corrected chi connectivity index (χ1v) is 8.25. The predicted molar refractivity (Wildman–Crippen MR) is 97.3 cm³/mol. The molecule has 24 heavy (non-hydrogen) atoms. The molecule has 1 amide bonds. The summed E-state index contributed by atoms with van der Waals surface area (Å²) in [5, 5.41) is 3.55. The zero-order valence-corrected chi connectivity index (χ0v) is 15.1. The lowest BCUT2D eigenvalue weighted by Gasteiger charge is -2.16. The van der Waals surface area contributed by atoms with Crippen LogP contribution in [0.2, 0.25) is 5.02 Å². The Morgan fingerprint density at radius 1 is 1.17 bits per heavy atom. The van der Waals surface area contributed by atoms with Crippen LogP contribution in [0.15, 0.2) is 36.4 Å². The summed E-state index contributed by atoms with van der Waals surface area (Å²) in [7, 11) is 0. The average molecular weight is 348 g/mol. The maximum absolute atomic E-state index is 12.3. The van der Waals surface area contributed by atoms with Crippen molar-refractivity contribution in [2.45, 2.75) is 33.8 Å². The molecule has 0 radical (unpaired) electrons. The van der Waals surface area contributed by atoms with Crippen molar-refractivity contribution in [3.63, 3.8) is 0 Å². The van der Waals surface area contributed by atoms with Gasteiger partial charge >= 0.3 is 0 Å². The van der Waals surface area contributed by atoms with Crippen LogP contribution in [0.3, 0.4) is 0 Å². The van der Waals surface area contributed by atoms with Crippen molar-refractivity contribution >= 4 is 23.2 Å². The summed E-state index contributed by atoms with van der Waals surface area (Å²) >= 11 is 6.15. The zero-order valence-electron chi connectivity index (χ0n) is 14.4. The van der Waals surface area contributed by atoms with E-state index in [1.807, 2.05) is 51.1 Å². The SMILES string of the molecule is CCOc1cccc(NC(=O)[C@H](C)Oc2cc(C)c(Cl)c(C)c2)c1. The molecule has 0 fully saturated rings. The van der Waals surface area contributed by atoms with Crippen LogP contribution < -0.4 is 14.8 Å². The van der Waals surface area contributed by atoms with Crippen molar-refractivity contribution in [1.82, 2.24) is 0 Å². The van der Waals surface area contributed by atoms with Crippen LogP contribution in [0.4, 0.5) is 5.69 Å². The van der Waals surface area contributed by atoms with E-state index in [1.54, 1.807) is 13.0 Å². The minimum atomic E-state index is -0.638. The quantitative estimate of drug-likeness (QED) is 0.819. The molecular formula is C19H22ClNO3. The van der Waals surface area contributed by atoms with Gasteiger partial charge in [0.25, 0.3) is 5.91 Å². The number of hydrogen-bond acceptors (Lipinski definition) is 3. The van der Waals surface area contributed by atoms with Gasteiger partial charge in [0.15, 0.2) is 6.10 Å². The molecule has 2 aromatic rings. The van der Waals surface area contributed by atoms with Crippen LogP contribution in [0.1, 0.15) is 25.0 Å². The van der Waals surface area contributed by atoms with Crippen molar-refractivity contribution in [3.8, 4) is 11.5 Å². The second-order valence-corrected chi connectivity index (χ2v) is 5.96. The number of carbonyl (C=O) groups is 1. The highest BCUT2D eigenvalue weighted by Crippen LogP contribution is 2.26. The smallest absolute Gasteiger partial charge is 0.265 e. The van der Waals surface area contributed by atoms with E-state index in [-0.39, 0.29) is 5.91 Å². The molecule has 1 atom stereocenters. The number of aryl methyl sites for hydroxylation is 2. The molecule has 2 aromatic carbocycles. The van der Waals surface area contributed by atoms with Crippen molar-refractivity contribution in [2.24, 2.45) is 0 Å². The third-order valence-corrected chi connectivity index (χ3v) is 4.10. The van der Waals surface area contributed by atoms with Crippen LogP contribution in [0, 0.1) is 13.8 Å². The van der Waals surface area contributed by atoms with Gasteiger partial charge in [-0.15, -0.1) is 0 Å². The van der Waals surface area contributed by atoms with Crippen LogP contribution in [-0.4, -0.2) is 18.6 Å². The Morgan fingerprint density at radius 2 is 1.83 bits per heavy atom. The molecule has 0 unspecified atom stereocenters. The Morgan fingerprint density at radius 3 is 2.46 bits per heavy atom. The highest BCUT2D eigenvalue weighted by Gasteiger charge is 2.16. The lowest BCUT2D eigenvalue weighted by molar-refractivity contribution is -0.122. The number of benzene rings is 2. The molecule has 0 aliphatic heterocycles. The van der Waals surface area contributed by atoms with Gasteiger partial charge < -0.3 is 14.8 Å². The Bertz CT molecular complexity index is 707. The molecule has 0 aromatic heterocycles. The highest BCUT2D eigenvalue weighted by molar-refractivity contribution is 6.32. The van der Waals surface area contributed by atoms with Crippen LogP contribution in [-0.2, 0) is 4.79 Å². The molecule has 0 bridgehead atoms. The zero-order chi connectivity index (χ0) is 17.7. The van der Waals surface area contributed by atoms with E-state index in [0.29, 0.717) is 28.8 Å². The summed E-state index contributed by atoms with van der Waals surface area (Å²) in [4.78, 5) is 12.3. The summed E-state index contributed by atoms with van der Waals surface area (Å²) in [5.74, 6) is 1.11. The van der Waals surface area contributed by atoms with Crippen LogP contribution >= 0.6 is 11.6 Å². The molecule has 5 heteroatoms. The summed E-state index contributed by atoms with van der Waals surface area (Å²) < 4.78 is 11.2. The minimum absolute atomic E-state index is 0.228. The van der Waals surface area contributed by atoms with E-state index in [0.717, 1.165) is 11.1 Å². The van der Waals surface area contributed by atoms with E-state index in [2.05, 4.69) is 5.32 Å². The van der Waals surface area contributed by atoms with E-state index in [4.69, 9.17) is 21.1 Å². The molecule has 4 nitrogen and oxygen atoms in total. The Labute approximate surface area is 147 Å². The Hall–Kier alpha value is -2.20. The molecule has 2 rings (SSSR count). The molecule has 0 aliphatic rings. The van der Waals surface area contributed by atoms with Crippen LogP contribution in [0.5, 0.6) is 11.5 Å². The fourth-order valence-corrected chi connectivity index (χ4v) is 2.42. The summed E-state index contributed by atoms with van der Waals surface area (Å²) in [6.07, 6.45) is -0.638. The van der Waals surface area contributed by atoms with Gasteiger partial charge in [0.05, 0.1) is 6.61 Å². The molecular weight excluding hydrogens is 326 g/mol. The summed E-state index contributed by atoms with van der Waals surface area (Å²) in [5.41, 5.74) is 2.51. The largest absolute Gasteiger partial charge is 0.494 e. The van der Waals surface area contributed by atoms with Crippen LogP contribution in [0.25, 0.3) is 0 Å². The third-order valence-electron chi connectivity index (χ3n) is 3.50. The third kappa shape index (κ3) is 4.65. The summed E-state index contributed by atoms with van der Waals surface area (Å²) in [6, 6.07) is 10.9. The van der Waals surface area contributed by atoms with Gasteiger partial charge in [0.2, 0.25) is 0 Å². The lowest BCUT2D eigenvalue weighted by Crippen LogP contribution is -2.30. The number of nitrogens with one attached hydrogen (secondary N) is 1. The predicted octanol–water partition coefficient (Wildman–Crippen LogP) is 4.76. The molecule has 128 valence electrons.